The summed E-state index contributed by atoms with van der Waals surface area (Å²) in [5, 5.41) is 20.6. The molecule has 0 amide bonds. The van der Waals surface area contributed by atoms with Gasteiger partial charge in [-0.2, -0.15) is 8.78 Å². The van der Waals surface area contributed by atoms with Crippen LogP contribution in [-0.2, 0) is 9.53 Å². The quantitative estimate of drug-likeness (QED) is 0.227. The van der Waals surface area contributed by atoms with Gasteiger partial charge in [-0.3, -0.25) is 4.79 Å². The number of para-hydroxylation sites is 1. The van der Waals surface area contributed by atoms with E-state index in [0.29, 0.717) is 38.0 Å². The molecule has 0 radical (unpaired) electrons. The Morgan fingerprint density at radius 3 is 2.64 bits per heavy atom. The van der Waals surface area contributed by atoms with E-state index in [9.17, 15) is 23.8 Å². The number of allylic oxidation sites excluding steroid dienone is 2. The third-order valence-corrected chi connectivity index (χ3v) is 5.74. The number of benzene rings is 1. The van der Waals surface area contributed by atoms with E-state index in [0.717, 1.165) is 18.9 Å². The van der Waals surface area contributed by atoms with Crippen LogP contribution in [-0.4, -0.2) is 47.5 Å². The maximum atomic E-state index is 14.3. The van der Waals surface area contributed by atoms with Crippen molar-refractivity contribution in [2.45, 2.75) is 70.0 Å². The monoisotopic (exact) mass is 466 g/mol. The lowest BCUT2D eigenvalue weighted by Gasteiger charge is -2.20. The number of halogens is 2. The third-order valence-electron chi connectivity index (χ3n) is 5.74. The molecule has 0 heterocycles. The zero-order valence-corrected chi connectivity index (χ0v) is 19.2. The summed E-state index contributed by atoms with van der Waals surface area (Å²) < 4.78 is 38.8. The maximum absolute atomic E-state index is 14.3. The van der Waals surface area contributed by atoms with Crippen LogP contribution in [0, 0.1) is 11.8 Å². The van der Waals surface area contributed by atoms with Crippen LogP contribution in [0.2, 0.25) is 0 Å². The lowest BCUT2D eigenvalue weighted by atomic mass is 9.89. The molecule has 1 aromatic rings. The predicted molar refractivity (Wildman–Crippen MR) is 123 cm³/mol. The highest BCUT2D eigenvalue weighted by Crippen LogP contribution is 2.37. The first kappa shape index (κ1) is 27.0. The van der Waals surface area contributed by atoms with Gasteiger partial charge in [0.15, 0.2) is 6.61 Å². The van der Waals surface area contributed by atoms with Crippen LogP contribution in [0.25, 0.3) is 0 Å². The summed E-state index contributed by atoms with van der Waals surface area (Å²) in [6, 6.07) is 8.39. The Bertz CT molecular complexity index is 750. The number of alkyl halides is 2. The standard InChI is InChI=1S/C26H36F2O5/c1-2-3-17-32-25(31)14-10-5-4-9-13-21-22(24(30)18-23(21)29)15-16-26(27,28)19-33-20-11-7-6-8-12-20/h4,6-9,11-12,15-16,21-24,29-30H,2-3,5,10,13-14,17-19H2,1H3/b9-4-,16-15+/t21-,22-,23+,24-/m1/s1. The Labute approximate surface area is 195 Å². The summed E-state index contributed by atoms with van der Waals surface area (Å²) in [7, 11) is 0. The molecule has 1 aromatic carbocycles. The molecule has 0 aromatic heterocycles. The second-order valence-electron chi connectivity index (χ2n) is 8.51. The molecule has 2 rings (SSSR count). The van der Waals surface area contributed by atoms with E-state index in [1.807, 2.05) is 19.1 Å². The van der Waals surface area contributed by atoms with Gasteiger partial charge in [-0.1, -0.05) is 49.8 Å². The minimum atomic E-state index is -3.20. The molecule has 4 atom stereocenters. The van der Waals surface area contributed by atoms with Gasteiger partial charge in [-0.25, -0.2) is 0 Å². The minimum Gasteiger partial charge on any atom is -0.487 e. The highest BCUT2D eigenvalue weighted by Gasteiger charge is 2.40. The number of hydrogen-bond donors (Lipinski definition) is 2. The molecule has 5 nitrogen and oxygen atoms in total. The number of aliphatic hydroxyl groups excluding tert-OH is 2. The SMILES string of the molecule is CCCCOC(=O)CCC/C=C\C[C@@H]1[C@@H](/C=C/C(F)(F)COc2ccccc2)[C@H](O)C[C@@H]1O. The van der Waals surface area contributed by atoms with Crippen LogP contribution in [0.4, 0.5) is 8.78 Å². The molecule has 0 spiro atoms. The topological polar surface area (TPSA) is 76.0 Å². The summed E-state index contributed by atoms with van der Waals surface area (Å²) in [5.41, 5.74) is 0. The summed E-state index contributed by atoms with van der Waals surface area (Å²) in [6.45, 7) is 1.69. The molecule has 184 valence electrons. The van der Waals surface area contributed by atoms with E-state index >= 15 is 0 Å². The number of aliphatic hydroxyl groups is 2. The fraction of sp³-hybridized carbons (Fsp3) is 0.577. The summed E-state index contributed by atoms with van der Waals surface area (Å²) in [5.74, 6) is -3.96. The van der Waals surface area contributed by atoms with Gasteiger partial charge in [0, 0.05) is 18.8 Å². The van der Waals surface area contributed by atoms with Crippen molar-refractivity contribution in [3.63, 3.8) is 0 Å². The van der Waals surface area contributed by atoms with Crippen LogP contribution < -0.4 is 4.74 Å². The van der Waals surface area contributed by atoms with Crippen LogP contribution in [0.1, 0.15) is 51.9 Å². The van der Waals surface area contributed by atoms with Gasteiger partial charge in [0.2, 0.25) is 0 Å². The van der Waals surface area contributed by atoms with Gasteiger partial charge in [0.1, 0.15) is 5.75 Å². The maximum Gasteiger partial charge on any atom is 0.305 e. The average molecular weight is 467 g/mol. The first-order valence-electron chi connectivity index (χ1n) is 11.7. The molecule has 0 saturated heterocycles. The minimum absolute atomic E-state index is 0.156. The number of hydrogen-bond acceptors (Lipinski definition) is 5. The lowest BCUT2D eigenvalue weighted by Crippen LogP contribution is -2.25. The second-order valence-corrected chi connectivity index (χ2v) is 8.51. The Morgan fingerprint density at radius 2 is 1.91 bits per heavy atom. The first-order valence-corrected chi connectivity index (χ1v) is 11.7. The van der Waals surface area contributed by atoms with Crippen molar-refractivity contribution in [2.24, 2.45) is 11.8 Å². The molecule has 0 unspecified atom stereocenters. The fourth-order valence-corrected chi connectivity index (χ4v) is 3.84. The third kappa shape index (κ3) is 10.0. The molecular weight excluding hydrogens is 430 g/mol. The normalized spacial score (nSPS) is 23.4. The molecule has 7 heteroatoms. The molecule has 0 aliphatic heterocycles. The number of ether oxygens (including phenoxy) is 2. The number of esters is 1. The van der Waals surface area contributed by atoms with Crippen LogP contribution in [0.3, 0.4) is 0 Å². The summed E-state index contributed by atoms with van der Waals surface area (Å²) in [4.78, 5) is 11.6. The van der Waals surface area contributed by atoms with Crippen molar-refractivity contribution in [2.75, 3.05) is 13.2 Å². The van der Waals surface area contributed by atoms with Gasteiger partial charge in [-0.15, -0.1) is 0 Å². The Balaban J connectivity index is 1.79. The molecule has 2 N–H and O–H groups in total. The average Bonchev–Trinajstić information content (AvgIpc) is 3.06. The largest absolute Gasteiger partial charge is 0.487 e. The highest BCUT2D eigenvalue weighted by atomic mass is 19.3. The van der Waals surface area contributed by atoms with Crippen molar-refractivity contribution in [1.82, 2.24) is 0 Å². The van der Waals surface area contributed by atoms with E-state index in [-0.39, 0.29) is 18.3 Å². The smallest absolute Gasteiger partial charge is 0.305 e. The Kier molecular flexibility index (Phi) is 11.5. The lowest BCUT2D eigenvalue weighted by molar-refractivity contribution is -0.143. The van der Waals surface area contributed by atoms with E-state index < -0.39 is 30.7 Å². The Hall–Kier alpha value is -2.25. The van der Waals surface area contributed by atoms with Crippen molar-refractivity contribution in [3.05, 3.63) is 54.6 Å². The number of carbonyl (C=O) groups is 1. The summed E-state index contributed by atoms with van der Waals surface area (Å²) >= 11 is 0. The molecule has 1 fully saturated rings. The van der Waals surface area contributed by atoms with E-state index in [1.165, 1.54) is 6.08 Å². The highest BCUT2D eigenvalue weighted by molar-refractivity contribution is 5.69. The van der Waals surface area contributed by atoms with E-state index in [4.69, 9.17) is 9.47 Å². The summed E-state index contributed by atoms with van der Waals surface area (Å²) in [6.07, 6.45) is 8.39. The predicted octanol–water partition coefficient (Wildman–Crippen LogP) is 5.07. The molecule has 1 aliphatic carbocycles. The van der Waals surface area contributed by atoms with Gasteiger partial charge < -0.3 is 19.7 Å². The number of carbonyl (C=O) groups excluding carboxylic acids is 1. The zero-order chi connectivity index (χ0) is 24.1. The molecule has 0 bridgehead atoms. The Morgan fingerprint density at radius 1 is 1.15 bits per heavy atom. The van der Waals surface area contributed by atoms with Crippen molar-refractivity contribution in [1.29, 1.82) is 0 Å². The fourth-order valence-electron chi connectivity index (χ4n) is 3.84. The number of rotatable bonds is 14. The van der Waals surface area contributed by atoms with Gasteiger partial charge in [-0.05, 0) is 49.8 Å². The molecule has 1 aliphatic rings. The van der Waals surface area contributed by atoms with Crippen LogP contribution in [0.15, 0.2) is 54.6 Å². The van der Waals surface area contributed by atoms with Crippen molar-refractivity contribution >= 4 is 5.97 Å². The van der Waals surface area contributed by atoms with Gasteiger partial charge in [0.25, 0.3) is 5.92 Å². The first-order chi connectivity index (χ1) is 15.8. The van der Waals surface area contributed by atoms with Gasteiger partial charge in [0.05, 0.1) is 18.8 Å². The molecule has 33 heavy (non-hydrogen) atoms. The van der Waals surface area contributed by atoms with Crippen LogP contribution in [0.5, 0.6) is 5.75 Å². The second kappa shape index (κ2) is 14.1. The van der Waals surface area contributed by atoms with Crippen molar-refractivity contribution < 1.29 is 33.3 Å². The van der Waals surface area contributed by atoms with E-state index in [2.05, 4.69) is 0 Å². The number of unbranched alkanes of at least 4 members (excludes halogenated alkanes) is 2. The van der Waals surface area contributed by atoms with Gasteiger partial charge >= 0.3 is 5.97 Å². The van der Waals surface area contributed by atoms with Crippen molar-refractivity contribution in [3.8, 4) is 5.75 Å². The van der Waals surface area contributed by atoms with Crippen LogP contribution >= 0.6 is 0 Å². The zero-order valence-electron chi connectivity index (χ0n) is 19.2. The molecular formula is C26H36F2O5. The molecule has 1 saturated carbocycles. The van der Waals surface area contributed by atoms with E-state index in [1.54, 1.807) is 30.3 Å².